The van der Waals surface area contributed by atoms with Crippen LogP contribution in [0.1, 0.15) is 0 Å². The highest BCUT2D eigenvalue weighted by Gasteiger charge is 2.87. The van der Waals surface area contributed by atoms with Gasteiger partial charge in [-0.2, -0.15) is 65.5 Å². The molecule has 0 rings (SSSR count). The second kappa shape index (κ2) is 5.48. The molecule has 0 aromatic carbocycles. The Morgan fingerprint density at radius 1 is 0.625 bits per heavy atom. The summed E-state index contributed by atoms with van der Waals surface area (Å²) in [5, 5.41) is -7.41. The molecule has 0 saturated carbocycles. The predicted octanol–water partition coefficient (Wildman–Crippen LogP) is 3.50. The van der Waals surface area contributed by atoms with Gasteiger partial charge < -0.3 is 0 Å². The fourth-order valence-corrected chi connectivity index (χ4v) is 1.26. The molecule has 0 amide bonds. The summed E-state index contributed by atoms with van der Waals surface area (Å²) in [6.07, 6.45) is -22.0. The van der Waals surface area contributed by atoms with E-state index in [1.807, 2.05) is 0 Å². The van der Waals surface area contributed by atoms with Crippen molar-refractivity contribution in [2.24, 2.45) is 0 Å². The standard InChI is InChI=1S/C6HF13O4S/c7-1(8,2(9,10)6(18,19)24(20,21)22)4(14,15)23-5(16,17)3(11,12)13/h(H,20,21,22). The van der Waals surface area contributed by atoms with E-state index >= 15 is 0 Å². The minimum absolute atomic E-state index is 1.22. The minimum atomic E-state index is -7.95. The van der Waals surface area contributed by atoms with Gasteiger partial charge in [0.1, 0.15) is 0 Å². The van der Waals surface area contributed by atoms with Crippen LogP contribution >= 0.6 is 0 Å². The molecule has 0 aliphatic rings. The van der Waals surface area contributed by atoms with Gasteiger partial charge >= 0.3 is 45.6 Å². The van der Waals surface area contributed by atoms with Crippen LogP contribution in [-0.4, -0.2) is 48.5 Å². The molecule has 0 heterocycles. The molecule has 0 unspecified atom stereocenters. The molecule has 0 saturated heterocycles. The third-order valence-electron chi connectivity index (χ3n) is 2.04. The van der Waals surface area contributed by atoms with E-state index in [0.717, 1.165) is 0 Å². The molecule has 0 bridgehead atoms. The lowest BCUT2D eigenvalue weighted by Gasteiger charge is -2.36. The Labute approximate surface area is 121 Å². The molecular formula is C6HF13O4S. The lowest BCUT2D eigenvalue weighted by Crippen LogP contribution is -2.66. The maximum absolute atomic E-state index is 12.7. The van der Waals surface area contributed by atoms with Gasteiger partial charge in [0, 0.05) is 0 Å². The molecule has 0 aromatic rings. The van der Waals surface area contributed by atoms with Crippen molar-refractivity contribution in [2.45, 2.75) is 35.5 Å². The van der Waals surface area contributed by atoms with Gasteiger partial charge in [-0.3, -0.25) is 4.55 Å². The second-order valence-electron chi connectivity index (χ2n) is 3.77. The maximum atomic E-state index is 12.7. The first-order valence-corrected chi connectivity index (χ1v) is 6.03. The first kappa shape index (κ1) is 23.0. The number of hydrogen-bond acceptors (Lipinski definition) is 3. The molecule has 0 atom stereocenters. The molecule has 18 heteroatoms. The first-order chi connectivity index (χ1) is 9.96. The van der Waals surface area contributed by atoms with Crippen LogP contribution in [0.5, 0.6) is 0 Å². The topological polar surface area (TPSA) is 63.6 Å². The van der Waals surface area contributed by atoms with E-state index in [0.29, 0.717) is 0 Å². The lowest BCUT2D eigenvalue weighted by molar-refractivity contribution is -0.506. The maximum Gasteiger partial charge on any atom is 0.483 e. The summed E-state index contributed by atoms with van der Waals surface area (Å²) < 4.78 is 189. The molecule has 0 radical (unpaired) electrons. The molecule has 146 valence electrons. The Hall–Kier alpha value is -1.04. The van der Waals surface area contributed by atoms with Crippen molar-refractivity contribution in [1.82, 2.24) is 0 Å². The van der Waals surface area contributed by atoms with Gasteiger partial charge in [0.25, 0.3) is 0 Å². The highest BCUT2D eigenvalue weighted by atomic mass is 32.2. The van der Waals surface area contributed by atoms with Crippen LogP contribution in [0, 0.1) is 0 Å². The zero-order chi connectivity index (χ0) is 20.2. The SMILES string of the molecule is O=S(=O)(O)C(F)(F)C(F)(F)C(F)(F)C(F)(F)OC(F)(F)C(F)(F)F. The van der Waals surface area contributed by atoms with E-state index in [9.17, 15) is 65.5 Å². The van der Waals surface area contributed by atoms with Crippen molar-refractivity contribution < 1.29 is 74.8 Å². The number of ether oxygens (including phenoxy) is 1. The lowest BCUT2D eigenvalue weighted by atomic mass is 10.1. The molecule has 0 spiro atoms. The Bertz CT molecular complexity index is 576. The van der Waals surface area contributed by atoms with E-state index < -0.39 is 45.6 Å². The van der Waals surface area contributed by atoms with E-state index in [-0.39, 0.29) is 0 Å². The van der Waals surface area contributed by atoms with Crippen LogP contribution in [0.25, 0.3) is 0 Å². The molecule has 1 N–H and O–H groups in total. The largest absolute Gasteiger partial charge is 0.483 e. The van der Waals surface area contributed by atoms with E-state index in [1.165, 1.54) is 4.74 Å². The average molecular weight is 416 g/mol. The molecule has 0 fully saturated rings. The molecular weight excluding hydrogens is 415 g/mol. The molecule has 24 heavy (non-hydrogen) atoms. The smallest absolute Gasteiger partial charge is 0.281 e. The molecule has 0 aliphatic heterocycles. The van der Waals surface area contributed by atoms with Gasteiger partial charge in [-0.25, -0.2) is 4.74 Å². The zero-order valence-corrected chi connectivity index (χ0v) is 10.8. The highest BCUT2D eigenvalue weighted by molar-refractivity contribution is 7.87. The van der Waals surface area contributed by atoms with Crippen LogP contribution < -0.4 is 0 Å². The minimum Gasteiger partial charge on any atom is -0.281 e. The average Bonchev–Trinajstić information content (AvgIpc) is 2.23. The summed E-state index contributed by atoms with van der Waals surface area (Å²) in [5.74, 6) is -15.8. The number of alkyl halides is 13. The van der Waals surface area contributed by atoms with Crippen molar-refractivity contribution >= 4 is 10.1 Å². The van der Waals surface area contributed by atoms with Crippen molar-refractivity contribution in [3.05, 3.63) is 0 Å². The summed E-state index contributed by atoms with van der Waals surface area (Å²) in [6, 6.07) is 0. The number of rotatable bonds is 6. The van der Waals surface area contributed by atoms with Gasteiger partial charge in [0.15, 0.2) is 0 Å². The van der Waals surface area contributed by atoms with Crippen molar-refractivity contribution in [3.8, 4) is 0 Å². The Balaban J connectivity index is 6.14. The summed E-state index contributed by atoms with van der Waals surface area (Å²) in [4.78, 5) is 0. The van der Waals surface area contributed by atoms with Gasteiger partial charge in [0.05, 0.1) is 0 Å². The van der Waals surface area contributed by atoms with E-state index in [1.54, 1.807) is 0 Å². The van der Waals surface area contributed by atoms with Crippen molar-refractivity contribution in [1.29, 1.82) is 0 Å². The molecule has 0 aliphatic carbocycles. The van der Waals surface area contributed by atoms with Crippen molar-refractivity contribution in [3.63, 3.8) is 0 Å². The number of hydrogen-bond donors (Lipinski definition) is 1. The third kappa shape index (κ3) is 3.35. The third-order valence-corrected chi connectivity index (χ3v) is 2.94. The second-order valence-corrected chi connectivity index (χ2v) is 5.24. The Kier molecular flexibility index (Phi) is 5.24. The Morgan fingerprint density at radius 2 is 0.958 bits per heavy atom. The van der Waals surface area contributed by atoms with Crippen LogP contribution in [0.15, 0.2) is 0 Å². The fraction of sp³-hybridized carbons (Fsp3) is 1.00. The van der Waals surface area contributed by atoms with Crippen LogP contribution in [0.3, 0.4) is 0 Å². The molecule has 4 nitrogen and oxygen atoms in total. The van der Waals surface area contributed by atoms with Gasteiger partial charge in [-0.05, 0) is 0 Å². The monoisotopic (exact) mass is 416 g/mol. The van der Waals surface area contributed by atoms with E-state index in [2.05, 4.69) is 0 Å². The fourth-order valence-electron chi connectivity index (χ4n) is 0.810. The van der Waals surface area contributed by atoms with Gasteiger partial charge in [-0.15, -0.1) is 0 Å². The normalized spacial score (nSPS) is 16.4. The number of halogens is 13. The summed E-state index contributed by atoms with van der Waals surface area (Å²) in [5.41, 5.74) is 0. The molecule has 0 aromatic heterocycles. The first-order valence-electron chi connectivity index (χ1n) is 4.59. The van der Waals surface area contributed by atoms with Gasteiger partial charge in [0.2, 0.25) is 0 Å². The summed E-state index contributed by atoms with van der Waals surface area (Å²) in [6.45, 7) is 0. The van der Waals surface area contributed by atoms with Crippen molar-refractivity contribution in [2.75, 3.05) is 0 Å². The van der Waals surface area contributed by atoms with Crippen LogP contribution in [0.4, 0.5) is 57.1 Å². The quantitative estimate of drug-likeness (QED) is 0.532. The zero-order valence-electron chi connectivity index (χ0n) is 9.99. The predicted molar refractivity (Wildman–Crippen MR) is 43.4 cm³/mol. The van der Waals surface area contributed by atoms with Crippen LogP contribution in [-0.2, 0) is 14.9 Å². The highest BCUT2D eigenvalue weighted by Crippen LogP contribution is 2.56. The summed E-state index contributed by atoms with van der Waals surface area (Å²) >= 11 is 0. The van der Waals surface area contributed by atoms with Gasteiger partial charge in [-0.1, -0.05) is 0 Å². The van der Waals surface area contributed by atoms with E-state index in [4.69, 9.17) is 4.55 Å². The van der Waals surface area contributed by atoms with Crippen LogP contribution in [0.2, 0.25) is 0 Å². The summed E-state index contributed by atoms with van der Waals surface area (Å²) in [7, 11) is -7.54. The Morgan fingerprint density at radius 3 is 1.21 bits per heavy atom.